The second kappa shape index (κ2) is 11.2. The van der Waals surface area contributed by atoms with Crippen LogP contribution in [0.4, 0.5) is 17.1 Å². The first kappa shape index (κ1) is 24.6. The molecule has 0 bridgehead atoms. The van der Waals surface area contributed by atoms with Gasteiger partial charge in [0.2, 0.25) is 11.8 Å². The van der Waals surface area contributed by atoms with Crippen LogP contribution in [0.25, 0.3) is 0 Å². The van der Waals surface area contributed by atoms with Gasteiger partial charge in [0.1, 0.15) is 0 Å². The molecule has 3 aromatic carbocycles. The number of nitrogens with one attached hydrogen (secondary N) is 1. The van der Waals surface area contributed by atoms with Gasteiger partial charge in [0.05, 0.1) is 5.25 Å². The van der Waals surface area contributed by atoms with Gasteiger partial charge in [-0.25, -0.2) is 0 Å². The van der Waals surface area contributed by atoms with Gasteiger partial charge in [-0.15, -0.1) is 11.8 Å². The fourth-order valence-electron chi connectivity index (χ4n) is 3.48. The molecule has 172 valence electrons. The van der Waals surface area contributed by atoms with Gasteiger partial charge in [0.25, 0.3) is 0 Å². The maximum absolute atomic E-state index is 13.7. The van der Waals surface area contributed by atoms with Crippen molar-refractivity contribution in [2.75, 3.05) is 10.2 Å². The van der Waals surface area contributed by atoms with E-state index >= 15 is 0 Å². The number of para-hydroxylation sites is 2. The average molecular weight is 461 g/mol. The van der Waals surface area contributed by atoms with Gasteiger partial charge in [-0.3, -0.25) is 14.5 Å². The normalized spacial score (nSPS) is 12.1. The molecule has 3 rings (SSSR count). The van der Waals surface area contributed by atoms with E-state index in [-0.39, 0.29) is 22.5 Å². The lowest BCUT2D eigenvalue weighted by molar-refractivity contribution is -0.118. The molecule has 3 aromatic rings. The van der Waals surface area contributed by atoms with E-state index in [0.29, 0.717) is 12.8 Å². The van der Waals surface area contributed by atoms with E-state index < -0.39 is 0 Å². The number of carbonyl (C=O) groups is 2. The van der Waals surface area contributed by atoms with E-state index in [9.17, 15) is 9.59 Å². The molecule has 0 spiro atoms. The van der Waals surface area contributed by atoms with Crippen LogP contribution in [0.5, 0.6) is 0 Å². The van der Waals surface area contributed by atoms with Crippen molar-refractivity contribution in [3.8, 4) is 0 Å². The van der Waals surface area contributed by atoms with Gasteiger partial charge in [0.15, 0.2) is 0 Å². The van der Waals surface area contributed by atoms with Crippen molar-refractivity contribution in [3.63, 3.8) is 0 Å². The van der Waals surface area contributed by atoms with Gasteiger partial charge in [-0.05, 0) is 60.4 Å². The van der Waals surface area contributed by atoms with E-state index in [2.05, 4.69) is 5.32 Å². The zero-order chi connectivity index (χ0) is 23.8. The van der Waals surface area contributed by atoms with Crippen LogP contribution in [-0.2, 0) is 9.59 Å². The van der Waals surface area contributed by atoms with Crippen molar-refractivity contribution in [2.45, 2.75) is 50.7 Å². The van der Waals surface area contributed by atoms with Gasteiger partial charge in [-0.2, -0.15) is 0 Å². The summed E-state index contributed by atoms with van der Waals surface area (Å²) in [5.41, 5.74) is 2.41. The Morgan fingerprint density at radius 3 is 1.82 bits per heavy atom. The van der Waals surface area contributed by atoms with Crippen molar-refractivity contribution >= 4 is 40.6 Å². The Bertz CT molecular complexity index is 1010. The number of benzene rings is 3. The van der Waals surface area contributed by atoms with Crippen LogP contribution in [0.1, 0.15) is 40.5 Å². The van der Waals surface area contributed by atoms with Crippen LogP contribution in [0.2, 0.25) is 0 Å². The van der Waals surface area contributed by atoms with Crippen LogP contribution in [-0.4, -0.2) is 17.1 Å². The lowest BCUT2D eigenvalue weighted by atomic mass is 9.92. The Kier molecular flexibility index (Phi) is 8.34. The number of nitrogens with zero attached hydrogens (tertiary/aromatic N) is 1. The predicted octanol–water partition coefficient (Wildman–Crippen LogP) is 7.30. The lowest BCUT2D eigenvalue weighted by Gasteiger charge is -2.27. The highest BCUT2D eigenvalue weighted by molar-refractivity contribution is 8.00. The van der Waals surface area contributed by atoms with E-state index in [1.54, 1.807) is 16.7 Å². The summed E-state index contributed by atoms with van der Waals surface area (Å²) >= 11 is 1.55. The SMILES string of the molecule is CCC(Sc1ccc(NC(=O)CC(C)(C)C)cc1)C(=O)N(c1ccccc1)c1ccccc1. The summed E-state index contributed by atoms with van der Waals surface area (Å²) in [6.45, 7) is 8.16. The number of hydrogen-bond acceptors (Lipinski definition) is 3. The Labute approximate surface area is 201 Å². The molecule has 0 aliphatic heterocycles. The fourth-order valence-corrected chi connectivity index (χ4v) is 4.47. The molecular weight excluding hydrogens is 428 g/mol. The van der Waals surface area contributed by atoms with Crippen LogP contribution >= 0.6 is 11.8 Å². The fraction of sp³-hybridized carbons (Fsp3) is 0.286. The van der Waals surface area contributed by atoms with E-state index in [1.165, 1.54) is 0 Å². The molecule has 1 atom stereocenters. The van der Waals surface area contributed by atoms with Gasteiger partial charge >= 0.3 is 0 Å². The summed E-state index contributed by atoms with van der Waals surface area (Å²) in [4.78, 5) is 28.7. The number of amides is 2. The zero-order valence-electron chi connectivity index (χ0n) is 19.7. The summed E-state index contributed by atoms with van der Waals surface area (Å²) in [6.07, 6.45) is 1.16. The zero-order valence-corrected chi connectivity index (χ0v) is 20.6. The largest absolute Gasteiger partial charge is 0.326 e. The number of rotatable bonds is 8. The Morgan fingerprint density at radius 2 is 1.36 bits per heavy atom. The number of hydrogen-bond donors (Lipinski definition) is 1. The minimum absolute atomic E-state index is 0.00544. The minimum Gasteiger partial charge on any atom is -0.326 e. The topological polar surface area (TPSA) is 49.4 Å². The molecule has 4 nitrogen and oxygen atoms in total. The van der Waals surface area contributed by atoms with Crippen molar-refractivity contribution in [1.82, 2.24) is 0 Å². The van der Waals surface area contributed by atoms with Gasteiger partial charge in [0, 0.05) is 28.4 Å². The molecule has 0 aromatic heterocycles. The van der Waals surface area contributed by atoms with Crippen LogP contribution in [0.15, 0.2) is 89.8 Å². The summed E-state index contributed by atoms with van der Waals surface area (Å²) < 4.78 is 0. The smallest absolute Gasteiger partial charge is 0.245 e. The second-order valence-corrected chi connectivity index (χ2v) is 10.4. The van der Waals surface area contributed by atoms with Crippen LogP contribution in [0, 0.1) is 5.41 Å². The number of thioether (sulfide) groups is 1. The standard InChI is InChI=1S/C28H32N2O2S/c1-5-25(33-24-18-16-21(17-19-24)29-26(31)20-28(2,3)4)27(32)30(22-12-8-6-9-13-22)23-14-10-7-11-15-23/h6-19,25H,5,20H2,1-4H3,(H,29,31). The maximum Gasteiger partial charge on any atom is 0.245 e. The highest BCUT2D eigenvalue weighted by Crippen LogP contribution is 2.33. The summed E-state index contributed by atoms with van der Waals surface area (Å²) in [7, 11) is 0. The third kappa shape index (κ3) is 7.22. The third-order valence-electron chi connectivity index (χ3n) is 5.00. The number of carbonyl (C=O) groups excluding carboxylic acids is 2. The molecule has 0 saturated heterocycles. The molecular formula is C28H32N2O2S. The third-order valence-corrected chi connectivity index (χ3v) is 6.37. The number of anilines is 3. The monoisotopic (exact) mass is 460 g/mol. The van der Waals surface area contributed by atoms with E-state index in [4.69, 9.17) is 0 Å². The first-order valence-corrected chi connectivity index (χ1v) is 12.2. The van der Waals surface area contributed by atoms with Crippen LogP contribution < -0.4 is 10.2 Å². The molecule has 2 amide bonds. The van der Waals surface area contributed by atoms with Crippen molar-refractivity contribution < 1.29 is 9.59 Å². The average Bonchev–Trinajstić information content (AvgIpc) is 2.79. The van der Waals surface area contributed by atoms with Crippen molar-refractivity contribution in [1.29, 1.82) is 0 Å². The summed E-state index contributed by atoms with van der Waals surface area (Å²) in [5, 5.41) is 2.71. The minimum atomic E-state index is -0.244. The molecule has 1 N–H and O–H groups in total. The highest BCUT2D eigenvalue weighted by Gasteiger charge is 2.26. The molecule has 0 radical (unpaired) electrons. The first-order chi connectivity index (χ1) is 15.8. The van der Waals surface area contributed by atoms with Crippen LogP contribution in [0.3, 0.4) is 0 Å². The molecule has 5 heteroatoms. The first-order valence-electron chi connectivity index (χ1n) is 11.3. The Balaban J connectivity index is 1.75. The van der Waals surface area contributed by atoms with Crippen molar-refractivity contribution in [3.05, 3.63) is 84.9 Å². The van der Waals surface area contributed by atoms with E-state index in [0.717, 1.165) is 22.0 Å². The van der Waals surface area contributed by atoms with E-state index in [1.807, 2.05) is 113 Å². The quantitative estimate of drug-likeness (QED) is 0.359. The Morgan fingerprint density at radius 1 is 0.848 bits per heavy atom. The summed E-state index contributed by atoms with van der Waals surface area (Å²) in [6, 6.07) is 27.2. The molecule has 0 aliphatic rings. The van der Waals surface area contributed by atoms with Gasteiger partial charge < -0.3 is 5.32 Å². The molecule has 0 fully saturated rings. The maximum atomic E-state index is 13.7. The highest BCUT2D eigenvalue weighted by atomic mass is 32.2. The molecule has 0 saturated carbocycles. The molecule has 1 unspecified atom stereocenters. The molecule has 33 heavy (non-hydrogen) atoms. The summed E-state index contributed by atoms with van der Waals surface area (Å²) in [5.74, 6) is 0.0494. The predicted molar refractivity (Wildman–Crippen MR) is 139 cm³/mol. The lowest BCUT2D eigenvalue weighted by Crippen LogP contribution is -2.34. The Hall–Kier alpha value is -3.05. The second-order valence-electron chi connectivity index (χ2n) is 9.17. The molecule has 0 aliphatic carbocycles. The molecule has 0 heterocycles. The van der Waals surface area contributed by atoms with Gasteiger partial charge in [-0.1, -0.05) is 64.1 Å². The van der Waals surface area contributed by atoms with Crippen molar-refractivity contribution in [2.24, 2.45) is 5.41 Å².